The maximum Gasteiger partial charge on any atom is 0.300 e. The van der Waals surface area contributed by atoms with Crippen molar-refractivity contribution in [2.24, 2.45) is 0 Å². The maximum atomic E-state index is 9.00. The van der Waals surface area contributed by atoms with Crippen molar-refractivity contribution in [3.63, 3.8) is 0 Å². The van der Waals surface area contributed by atoms with Crippen LogP contribution < -0.4 is 15.8 Å². The molecule has 0 amide bonds. The lowest BCUT2D eigenvalue weighted by Gasteiger charge is -2.41. The van der Waals surface area contributed by atoms with E-state index in [-0.39, 0.29) is 0 Å². The van der Waals surface area contributed by atoms with Crippen molar-refractivity contribution in [1.29, 1.82) is 0 Å². The zero-order valence-electron chi connectivity index (χ0n) is 24.5. The Hall–Kier alpha value is -4.23. The van der Waals surface area contributed by atoms with Crippen molar-refractivity contribution in [2.75, 3.05) is 51.4 Å². The molecule has 1 aromatic carbocycles. The van der Waals surface area contributed by atoms with Gasteiger partial charge in [-0.1, -0.05) is 6.07 Å². The second-order valence-corrected chi connectivity index (χ2v) is 10.9. The molecule has 6 rings (SSSR count). The fourth-order valence-electron chi connectivity index (χ4n) is 5.87. The summed E-state index contributed by atoms with van der Waals surface area (Å²) in [7, 11) is 3.88. The van der Waals surface area contributed by atoms with Gasteiger partial charge in [-0.2, -0.15) is 5.10 Å². The van der Waals surface area contributed by atoms with Crippen LogP contribution in [0, 0.1) is 0 Å². The molecule has 0 unspecified atom stereocenters. The summed E-state index contributed by atoms with van der Waals surface area (Å²) in [5.41, 5.74) is 10.7. The van der Waals surface area contributed by atoms with Gasteiger partial charge in [0.05, 0.1) is 42.8 Å². The van der Waals surface area contributed by atoms with E-state index in [0.717, 1.165) is 72.3 Å². The van der Waals surface area contributed by atoms with Crippen LogP contribution in [0.3, 0.4) is 0 Å². The monoisotopic (exact) mass is 576 g/mol. The number of aromatic amines is 1. The number of aromatic nitrogens is 6. The zero-order chi connectivity index (χ0) is 29.6. The van der Waals surface area contributed by atoms with Gasteiger partial charge in [-0.3, -0.25) is 9.69 Å². The van der Waals surface area contributed by atoms with E-state index in [4.69, 9.17) is 25.5 Å². The SMILES string of the molecule is CC(=O)O.COc1cc(-c2nn([C@H]3CC[C@@H](N4CCN(C)CC4)CC3)c3ncnc(N)c23)ccc1NCc1c[nH]cn1. The molecule has 13 nitrogen and oxygen atoms in total. The summed E-state index contributed by atoms with van der Waals surface area (Å²) in [6, 6.07) is 6.99. The fraction of sp³-hybridized carbons (Fsp3) is 0.483. The number of imidazole rings is 1. The number of nitrogens with zero attached hydrogens (tertiary/aromatic N) is 7. The van der Waals surface area contributed by atoms with Crippen LogP contribution in [-0.4, -0.2) is 97.0 Å². The van der Waals surface area contributed by atoms with Gasteiger partial charge in [-0.15, -0.1) is 0 Å². The minimum absolute atomic E-state index is 0.293. The van der Waals surface area contributed by atoms with Crippen molar-refractivity contribution in [3.8, 4) is 17.0 Å². The Balaban J connectivity index is 0.000000830. The van der Waals surface area contributed by atoms with E-state index in [1.807, 2.05) is 24.4 Å². The summed E-state index contributed by atoms with van der Waals surface area (Å²) in [5, 5.41) is 16.7. The van der Waals surface area contributed by atoms with Crippen LogP contribution in [0.4, 0.5) is 11.5 Å². The number of nitrogens with two attached hydrogens (primary N) is 1. The van der Waals surface area contributed by atoms with Gasteiger partial charge in [0, 0.05) is 50.9 Å². The second kappa shape index (κ2) is 13.2. The van der Waals surface area contributed by atoms with Crippen molar-refractivity contribution in [1.82, 2.24) is 39.5 Å². The predicted octanol–water partition coefficient (Wildman–Crippen LogP) is 3.24. The highest BCUT2D eigenvalue weighted by Crippen LogP contribution is 2.39. The predicted molar refractivity (Wildman–Crippen MR) is 161 cm³/mol. The number of ether oxygens (including phenoxy) is 1. The van der Waals surface area contributed by atoms with E-state index in [1.165, 1.54) is 32.3 Å². The number of hydrogen-bond donors (Lipinski definition) is 4. The second-order valence-electron chi connectivity index (χ2n) is 10.9. The quantitative estimate of drug-likeness (QED) is 0.255. The Labute approximate surface area is 245 Å². The van der Waals surface area contributed by atoms with Gasteiger partial charge in [0.2, 0.25) is 0 Å². The molecule has 0 radical (unpaired) electrons. The first kappa shape index (κ1) is 29.3. The lowest BCUT2D eigenvalue weighted by molar-refractivity contribution is -0.134. The van der Waals surface area contributed by atoms with Gasteiger partial charge in [0.15, 0.2) is 5.65 Å². The largest absolute Gasteiger partial charge is 0.495 e. The third kappa shape index (κ3) is 6.63. The molecule has 1 aliphatic heterocycles. The van der Waals surface area contributed by atoms with E-state index in [1.54, 1.807) is 13.4 Å². The Morgan fingerprint density at radius 3 is 2.50 bits per heavy atom. The van der Waals surface area contributed by atoms with Gasteiger partial charge in [-0.25, -0.2) is 19.6 Å². The van der Waals surface area contributed by atoms with E-state index >= 15 is 0 Å². The van der Waals surface area contributed by atoms with Crippen LogP contribution >= 0.6 is 0 Å². The molecule has 0 bridgehead atoms. The Kier molecular flexibility index (Phi) is 9.18. The standard InChI is InChI=1S/C27H36N10O.C2H4O2/c1-35-9-11-36(12-10-35)20-4-6-21(7-5-20)37-27-24(26(28)32-17-33-27)25(34-37)18-3-8-22(23(13-18)38-2)30-15-19-14-29-16-31-19;1-2(3)4/h3,8,13-14,16-17,20-21,30H,4-7,9-12,15H2,1-2H3,(H,29,31)(H2,28,32,33);1H3,(H,3,4)/t20-,21+;. The number of carbonyl (C=O) groups is 1. The number of nitrogens with one attached hydrogen (secondary N) is 2. The molecule has 3 aromatic heterocycles. The fourth-order valence-corrected chi connectivity index (χ4v) is 5.87. The number of methoxy groups -OCH3 is 1. The first-order chi connectivity index (χ1) is 20.3. The number of rotatable bonds is 7. The van der Waals surface area contributed by atoms with Crippen LogP contribution in [0.25, 0.3) is 22.3 Å². The Morgan fingerprint density at radius 2 is 1.83 bits per heavy atom. The maximum absolute atomic E-state index is 9.00. The van der Waals surface area contributed by atoms with E-state index in [2.05, 4.69) is 46.8 Å². The smallest absolute Gasteiger partial charge is 0.300 e. The van der Waals surface area contributed by atoms with Crippen molar-refractivity contribution < 1.29 is 14.6 Å². The van der Waals surface area contributed by atoms with Crippen LogP contribution in [0.5, 0.6) is 5.75 Å². The molecule has 5 N–H and O–H groups in total. The van der Waals surface area contributed by atoms with Gasteiger partial charge >= 0.3 is 0 Å². The summed E-state index contributed by atoms with van der Waals surface area (Å²) in [5.74, 6) is 0.339. The zero-order valence-corrected chi connectivity index (χ0v) is 24.5. The Morgan fingerprint density at radius 1 is 1.12 bits per heavy atom. The molecule has 1 saturated heterocycles. The molecule has 42 heavy (non-hydrogen) atoms. The lowest BCUT2D eigenvalue weighted by atomic mass is 9.90. The molecule has 2 fully saturated rings. The molecule has 13 heteroatoms. The van der Waals surface area contributed by atoms with Gasteiger partial charge in [0.1, 0.15) is 23.6 Å². The average Bonchev–Trinajstić information content (AvgIpc) is 3.65. The number of piperazine rings is 1. The lowest BCUT2D eigenvalue weighted by Crippen LogP contribution is -2.49. The average molecular weight is 577 g/mol. The molecule has 224 valence electrons. The number of carboxylic acid groups (broad SMARTS) is 1. The van der Waals surface area contributed by atoms with Crippen molar-refractivity contribution >= 4 is 28.5 Å². The number of carboxylic acids is 1. The summed E-state index contributed by atoms with van der Waals surface area (Å²) < 4.78 is 7.82. The molecule has 1 saturated carbocycles. The third-order valence-electron chi connectivity index (χ3n) is 8.07. The van der Waals surface area contributed by atoms with Gasteiger partial charge in [-0.05, 0) is 44.9 Å². The minimum atomic E-state index is -0.833. The summed E-state index contributed by atoms with van der Waals surface area (Å²) in [4.78, 5) is 30.3. The minimum Gasteiger partial charge on any atom is -0.495 e. The first-order valence-corrected chi connectivity index (χ1v) is 14.3. The molecule has 1 aliphatic carbocycles. The number of benzene rings is 1. The molecular formula is C29H40N10O3. The molecule has 0 spiro atoms. The van der Waals surface area contributed by atoms with E-state index < -0.39 is 5.97 Å². The highest BCUT2D eigenvalue weighted by molar-refractivity contribution is 5.98. The summed E-state index contributed by atoms with van der Waals surface area (Å²) in [6.07, 6.45) is 9.59. The highest BCUT2D eigenvalue weighted by Gasteiger charge is 2.30. The van der Waals surface area contributed by atoms with Crippen LogP contribution in [-0.2, 0) is 11.3 Å². The van der Waals surface area contributed by atoms with Crippen LogP contribution in [0.2, 0.25) is 0 Å². The number of hydrogen-bond acceptors (Lipinski definition) is 10. The number of nitrogen functional groups attached to an aromatic ring is 1. The topological polar surface area (TPSA) is 163 Å². The number of fused-ring (bicyclic) bond motifs is 1. The third-order valence-corrected chi connectivity index (χ3v) is 8.07. The van der Waals surface area contributed by atoms with Crippen molar-refractivity contribution in [2.45, 2.75) is 51.2 Å². The molecule has 0 atom stereocenters. The Bertz CT molecular complexity index is 1470. The van der Waals surface area contributed by atoms with Crippen LogP contribution in [0.15, 0.2) is 37.1 Å². The first-order valence-electron chi connectivity index (χ1n) is 14.3. The molecule has 4 aromatic rings. The van der Waals surface area contributed by atoms with Crippen LogP contribution in [0.1, 0.15) is 44.3 Å². The molecule has 2 aliphatic rings. The number of likely N-dealkylation sites (N-methyl/N-ethyl adjacent to an activating group) is 1. The van der Waals surface area contributed by atoms with Gasteiger partial charge < -0.3 is 30.8 Å². The molecular weight excluding hydrogens is 536 g/mol. The number of aliphatic carboxylic acids is 1. The molecule has 4 heterocycles. The van der Waals surface area contributed by atoms with E-state index in [9.17, 15) is 0 Å². The summed E-state index contributed by atoms with van der Waals surface area (Å²) >= 11 is 0. The normalized spacial score (nSPS) is 19.7. The number of H-pyrrole nitrogens is 1. The van der Waals surface area contributed by atoms with Crippen molar-refractivity contribution in [3.05, 3.63) is 42.7 Å². The highest BCUT2D eigenvalue weighted by atomic mass is 16.5. The summed E-state index contributed by atoms with van der Waals surface area (Å²) in [6.45, 7) is 6.32. The number of anilines is 2. The van der Waals surface area contributed by atoms with Gasteiger partial charge in [0.25, 0.3) is 5.97 Å². The van der Waals surface area contributed by atoms with E-state index in [0.29, 0.717) is 24.4 Å².